The number of hydrogen-bond acceptors (Lipinski definition) is 3. The molecular weight excluding hydrogens is 342 g/mol. The molecule has 1 aliphatic rings. The molecule has 2 N–H and O–H groups in total. The van der Waals surface area contributed by atoms with Crippen LogP contribution in [-0.2, 0) is 4.79 Å². The monoisotopic (exact) mass is 375 g/mol. The van der Waals surface area contributed by atoms with E-state index in [0.717, 1.165) is 37.8 Å². The van der Waals surface area contributed by atoms with Crippen LogP contribution in [0.4, 0.5) is 4.79 Å². The van der Waals surface area contributed by atoms with Gasteiger partial charge in [-0.1, -0.05) is 50.6 Å². The minimum absolute atomic E-state index is 0.0211. The third kappa shape index (κ3) is 5.96. The normalized spacial score (nSPS) is 20.0. The molecule has 0 aromatic heterocycles. The number of carboxylic acids is 1. The van der Waals surface area contributed by atoms with Gasteiger partial charge in [-0.25, -0.2) is 4.79 Å². The maximum absolute atomic E-state index is 12.9. The van der Waals surface area contributed by atoms with Crippen LogP contribution in [0.3, 0.4) is 0 Å². The molecule has 150 valence electrons. The predicted octanol–water partition coefficient (Wildman–Crippen LogP) is 3.50. The highest BCUT2D eigenvalue weighted by molar-refractivity contribution is 5.75. The van der Waals surface area contributed by atoms with Crippen LogP contribution in [0.1, 0.15) is 58.1 Å². The summed E-state index contributed by atoms with van der Waals surface area (Å²) in [7, 11) is 0. The number of carboxylic acid groups (broad SMARTS) is 1. The van der Waals surface area contributed by atoms with E-state index >= 15 is 0 Å². The highest BCUT2D eigenvalue weighted by atomic mass is 16.4. The molecule has 2 amide bonds. The van der Waals surface area contributed by atoms with Crippen molar-refractivity contribution in [2.24, 2.45) is 0 Å². The molecule has 6 nitrogen and oxygen atoms in total. The SMILES string of the molecule is CCCCN(C(=O)NC1CC(N(CC)CC(=O)O)C1)C(C)c1ccccc1. The Morgan fingerprint density at radius 3 is 2.44 bits per heavy atom. The first-order chi connectivity index (χ1) is 13.0. The third-order valence-electron chi connectivity index (χ3n) is 5.46. The van der Waals surface area contributed by atoms with E-state index in [1.165, 1.54) is 0 Å². The summed E-state index contributed by atoms with van der Waals surface area (Å²) in [6.45, 7) is 7.68. The fraction of sp³-hybridized carbons (Fsp3) is 0.619. The Morgan fingerprint density at radius 1 is 1.22 bits per heavy atom. The van der Waals surface area contributed by atoms with Crippen LogP contribution >= 0.6 is 0 Å². The molecule has 2 rings (SSSR count). The Kier molecular flexibility index (Phi) is 8.10. The number of aliphatic carboxylic acids is 1. The zero-order chi connectivity index (χ0) is 19.8. The maximum Gasteiger partial charge on any atom is 0.318 e. The molecule has 0 bridgehead atoms. The van der Waals surface area contributed by atoms with Crippen molar-refractivity contribution in [1.82, 2.24) is 15.1 Å². The highest BCUT2D eigenvalue weighted by Gasteiger charge is 2.35. The molecule has 27 heavy (non-hydrogen) atoms. The van der Waals surface area contributed by atoms with Crippen LogP contribution in [0, 0.1) is 0 Å². The molecule has 0 aliphatic heterocycles. The topological polar surface area (TPSA) is 72.9 Å². The molecule has 1 atom stereocenters. The first-order valence-electron chi connectivity index (χ1n) is 10.0. The van der Waals surface area contributed by atoms with Gasteiger partial charge >= 0.3 is 12.0 Å². The minimum Gasteiger partial charge on any atom is -0.480 e. The van der Waals surface area contributed by atoms with Crippen molar-refractivity contribution in [2.75, 3.05) is 19.6 Å². The fourth-order valence-electron chi connectivity index (χ4n) is 3.65. The number of carbonyl (C=O) groups excluding carboxylic acids is 1. The Labute approximate surface area is 162 Å². The number of benzene rings is 1. The summed E-state index contributed by atoms with van der Waals surface area (Å²) in [6.07, 6.45) is 3.64. The largest absolute Gasteiger partial charge is 0.480 e. The average Bonchev–Trinajstić information content (AvgIpc) is 2.63. The number of likely N-dealkylation sites (N-methyl/N-ethyl adjacent to an activating group) is 1. The Bertz CT molecular complexity index is 602. The first-order valence-corrected chi connectivity index (χ1v) is 10.0. The van der Waals surface area contributed by atoms with E-state index in [9.17, 15) is 9.59 Å². The summed E-state index contributed by atoms with van der Waals surface area (Å²) in [5, 5.41) is 12.2. The zero-order valence-electron chi connectivity index (χ0n) is 16.7. The standard InChI is InChI=1S/C21H33N3O3/c1-4-6-12-24(16(3)17-10-8-7-9-11-17)21(27)22-18-13-19(14-18)23(5-2)15-20(25)26/h7-11,16,18-19H,4-6,12-15H2,1-3H3,(H,22,27)(H,25,26). The summed E-state index contributed by atoms with van der Waals surface area (Å²) in [6, 6.07) is 10.5. The van der Waals surface area contributed by atoms with Gasteiger partial charge in [0.1, 0.15) is 0 Å². The first kappa shape index (κ1) is 21.2. The van der Waals surface area contributed by atoms with Crippen LogP contribution in [0.2, 0.25) is 0 Å². The van der Waals surface area contributed by atoms with E-state index in [4.69, 9.17) is 5.11 Å². The van der Waals surface area contributed by atoms with Gasteiger partial charge in [-0.3, -0.25) is 9.69 Å². The summed E-state index contributed by atoms with van der Waals surface area (Å²) < 4.78 is 0. The minimum atomic E-state index is -0.799. The van der Waals surface area contributed by atoms with E-state index in [-0.39, 0.29) is 30.7 Å². The van der Waals surface area contributed by atoms with Gasteiger partial charge in [0.15, 0.2) is 0 Å². The number of unbranched alkanes of at least 4 members (excludes halogenated alkanes) is 1. The summed E-state index contributed by atoms with van der Waals surface area (Å²) >= 11 is 0. The van der Waals surface area contributed by atoms with Gasteiger partial charge < -0.3 is 15.3 Å². The van der Waals surface area contributed by atoms with Gasteiger partial charge in [0.25, 0.3) is 0 Å². The quantitative estimate of drug-likeness (QED) is 0.656. The molecule has 6 heteroatoms. The second-order valence-electron chi connectivity index (χ2n) is 7.36. The van der Waals surface area contributed by atoms with Gasteiger partial charge in [0.05, 0.1) is 12.6 Å². The van der Waals surface area contributed by atoms with Crippen LogP contribution in [0.5, 0.6) is 0 Å². The van der Waals surface area contributed by atoms with Gasteiger partial charge in [-0.2, -0.15) is 0 Å². The number of rotatable bonds is 10. The second-order valence-corrected chi connectivity index (χ2v) is 7.36. The molecule has 0 saturated heterocycles. The second kappa shape index (κ2) is 10.3. The number of amides is 2. The van der Waals surface area contributed by atoms with Crippen molar-refractivity contribution >= 4 is 12.0 Å². The summed E-state index contributed by atoms with van der Waals surface area (Å²) in [4.78, 5) is 27.7. The lowest BCUT2D eigenvalue weighted by Crippen LogP contribution is -2.57. The molecule has 1 aromatic rings. The molecule has 0 heterocycles. The Hall–Kier alpha value is -2.08. The third-order valence-corrected chi connectivity index (χ3v) is 5.46. The Balaban J connectivity index is 1.92. The fourth-order valence-corrected chi connectivity index (χ4v) is 3.65. The van der Waals surface area contributed by atoms with Crippen LogP contribution in [0.25, 0.3) is 0 Å². The van der Waals surface area contributed by atoms with Gasteiger partial charge in [-0.05, 0) is 38.3 Å². The van der Waals surface area contributed by atoms with Crippen LogP contribution in [0.15, 0.2) is 30.3 Å². The molecule has 1 aromatic carbocycles. The molecule has 1 unspecified atom stereocenters. The van der Waals surface area contributed by atoms with E-state index < -0.39 is 5.97 Å². The Morgan fingerprint density at radius 2 is 1.89 bits per heavy atom. The molecular formula is C21H33N3O3. The van der Waals surface area contributed by atoms with E-state index in [1.54, 1.807) is 0 Å². The maximum atomic E-state index is 12.9. The van der Waals surface area contributed by atoms with Crippen LogP contribution < -0.4 is 5.32 Å². The lowest BCUT2D eigenvalue weighted by Gasteiger charge is -2.43. The number of nitrogens with zero attached hydrogens (tertiary/aromatic N) is 2. The van der Waals surface area contributed by atoms with Crippen molar-refractivity contribution in [3.63, 3.8) is 0 Å². The van der Waals surface area contributed by atoms with Crippen molar-refractivity contribution in [2.45, 2.75) is 64.6 Å². The number of nitrogens with one attached hydrogen (secondary N) is 1. The van der Waals surface area contributed by atoms with Gasteiger partial charge in [0, 0.05) is 18.6 Å². The van der Waals surface area contributed by atoms with Crippen molar-refractivity contribution in [3.05, 3.63) is 35.9 Å². The molecule has 0 radical (unpaired) electrons. The van der Waals surface area contributed by atoms with Crippen LogP contribution in [-0.4, -0.2) is 58.6 Å². The van der Waals surface area contributed by atoms with E-state index in [2.05, 4.69) is 31.3 Å². The molecule has 1 fully saturated rings. The smallest absolute Gasteiger partial charge is 0.318 e. The van der Waals surface area contributed by atoms with Crippen molar-refractivity contribution in [3.8, 4) is 0 Å². The van der Waals surface area contributed by atoms with Gasteiger partial charge in [0.2, 0.25) is 0 Å². The molecule has 1 saturated carbocycles. The lowest BCUT2D eigenvalue weighted by molar-refractivity contribution is -0.139. The van der Waals surface area contributed by atoms with Gasteiger partial charge in [-0.15, -0.1) is 0 Å². The highest BCUT2D eigenvalue weighted by Crippen LogP contribution is 2.27. The molecule has 0 spiro atoms. The van der Waals surface area contributed by atoms with E-state index in [0.29, 0.717) is 6.54 Å². The predicted molar refractivity (Wildman–Crippen MR) is 107 cm³/mol. The number of hydrogen-bond donors (Lipinski definition) is 2. The average molecular weight is 376 g/mol. The summed E-state index contributed by atoms with van der Waals surface area (Å²) in [5.74, 6) is -0.799. The van der Waals surface area contributed by atoms with E-state index in [1.807, 2.05) is 34.9 Å². The summed E-state index contributed by atoms with van der Waals surface area (Å²) in [5.41, 5.74) is 1.13. The number of carbonyl (C=O) groups is 2. The lowest BCUT2D eigenvalue weighted by atomic mass is 9.85. The number of urea groups is 1. The zero-order valence-corrected chi connectivity index (χ0v) is 16.7. The molecule has 1 aliphatic carbocycles. The van der Waals surface area contributed by atoms with Crippen molar-refractivity contribution < 1.29 is 14.7 Å². The van der Waals surface area contributed by atoms with Crippen molar-refractivity contribution in [1.29, 1.82) is 0 Å².